The third-order valence-corrected chi connectivity index (χ3v) is 6.19. The van der Waals surface area contributed by atoms with Crippen LogP contribution in [-0.2, 0) is 16.0 Å². The number of H-pyrrole nitrogens is 1. The molecule has 1 aliphatic carbocycles. The minimum absolute atomic E-state index is 0.0849. The summed E-state index contributed by atoms with van der Waals surface area (Å²) in [6, 6.07) is 28.5. The van der Waals surface area contributed by atoms with Crippen LogP contribution in [0, 0.1) is 0 Å². The Balaban J connectivity index is 1.24. The number of hydrogen-bond donors (Lipinski definition) is 3. The van der Waals surface area contributed by atoms with E-state index in [9.17, 15) is 14.7 Å². The van der Waals surface area contributed by atoms with E-state index in [0.29, 0.717) is 5.69 Å². The van der Waals surface area contributed by atoms with E-state index in [-0.39, 0.29) is 18.9 Å². The summed E-state index contributed by atoms with van der Waals surface area (Å²) in [6.45, 7) is 0.132. The van der Waals surface area contributed by atoms with Gasteiger partial charge in [0.05, 0.1) is 0 Å². The van der Waals surface area contributed by atoms with E-state index in [2.05, 4.69) is 22.4 Å². The van der Waals surface area contributed by atoms with E-state index in [1.807, 2.05) is 78.9 Å². The van der Waals surface area contributed by atoms with Gasteiger partial charge in [-0.3, -0.25) is 0 Å². The van der Waals surface area contributed by atoms with Gasteiger partial charge in [0.1, 0.15) is 12.6 Å². The second kappa shape index (κ2) is 9.27. The molecule has 3 N–H and O–H groups in total. The largest absolute Gasteiger partial charge is 0.480 e. The summed E-state index contributed by atoms with van der Waals surface area (Å²) in [5.74, 6) is -1.21. The third kappa shape index (κ3) is 4.30. The summed E-state index contributed by atoms with van der Waals surface area (Å²) in [5.41, 5.74) is 7.08. The van der Waals surface area contributed by atoms with E-state index >= 15 is 0 Å². The van der Waals surface area contributed by atoms with Crippen molar-refractivity contribution in [2.75, 3.05) is 6.61 Å². The maximum Gasteiger partial charge on any atom is 0.407 e. The number of carbonyl (C=O) groups is 2. The lowest BCUT2D eigenvalue weighted by Crippen LogP contribution is -2.43. The highest BCUT2D eigenvalue weighted by atomic mass is 16.5. The van der Waals surface area contributed by atoms with Gasteiger partial charge in [0, 0.05) is 23.7 Å². The smallest absolute Gasteiger partial charge is 0.407 e. The van der Waals surface area contributed by atoms with Crippen LogP contribution in [0.5, 0.6) is 0 Å². The number of rotatable bonds is 7. The number of carboxylic acid groups (broad SMARTS) is 1. The van der Waals surface area contributed by atoms with Crippen molar-refractivity contribution < 1.29 is 19.4 Å². The van der Waals surface area contributed by atoms with Crippen molar-refractivity contribution in [2.24, 2.45) is 0 Å². The topological polar surface area (TPSA) is 91.4 Å². The van der Waals surface area contributed by atoms with Crippen LogP contribution >= 0.6 is 0 Å². The van der Waals surface area contributed by atoms with E-state index in [0.717, 1.165) is 33.5 Å². The minimum atomic E-state index is -1.12. The molecule has 170 valence electrons. The molecular formula is C28H24N2O4. The van der Waals surface area contributed by atoms with Crippen LogP contribution in [0.1, 0.15) is 22.7 Å². The zero-order valence-electron chi connectivity index (χ0n) is 18.4. The Hall–Kier alpha value is -4.32. The third-order valence-electron chi connectivity index (χ3n) is 6.19. The summed E-state index contributed by atoms with van der Waals surface area (Å²) in [6.07, 6.45) is -0.629. The Kier molecular flexibility index (Phi) is 5.87. The molecule has 0 spiro atoms. The number of benzene rings is 3. The molecule has 0 saturated heterocycles. The van der Waals surface area contributed by atoms with Gasteiger partial charge in [0.15, 0.2) is 0 Å². The lowest BCUT2D eigenvalue weighted by molar-refractivity contribution is -0.139. The van der Waals surface area contributed by atoms with Gasteiger partial charge in [-0.1, -0.05) is 78.9 Å². The van der Waals surface area contributed by atoms with Crippen molar-refractivity contribution in [1.82, 2.24) is 10.3 Å². The van der Waals surface area contributed by atoms with Gasteiger partial charge in [-0.05, 0) is 39.9 Å². The van der Waals surface area contributed by atoms with Crippen molar-refractivity contribution in [3.63, 3.8) is 0 Å². The number of carboxylic acids is 1. The molecule has 0 saturated carbocycles. The molecule has 1 atom stereocenters. The van der Waals surface area contributed by atoms with Crippen molar-refractivity contribution in [1.29, 1.82) is 0 Å². The molecule has 6 nitrogen and oxygen atoms in total. The predicted octanol–water partition coefficient (Wildman–Crippen LogP) is 5.22. The van der Waals surface area contributed by atoms with Crippen LogP contribution in [0.4, 0.5) is 4.79 Å². The number of ether oxygens (including phenoxy) is 1. The summed E-state index contributed by atoms with van der Waals surface area (Å²) in [7, 11) is 0. The van der Waals surface area contributed by atoms with Crippen LogP contribution < -0.4 is 5.32 Å². The van der Waals surface area contributed by atoms with E-state index in [1.54, 1.807) is 0 Å². The number of fused-ring (bicyclic) bond motifs is 3. The number of nitrogens with one attached hydrogen (secondary N) is 2. The highest BCUT2D eigenvalue weighted by Gasteiger charge is 2.29. The number of aliphatic carboxylic acids is 1. The summed E-state index contributed by atoms with van der Waals surface area (Å²) < 4.78 is 5.51. The normalized spacial score (nSPS) is 13.1. The number of alkyl carbamates (subject to hydrolysis) is 1. The molecule has 1 unspecified atom stereocenters. The average molecular weight is 453 g/mol. The molecule has 1 heterocycles. The Morgan fingerprint density at radius 2 is 1.47 bits per heavy atom. The summed E-state index contributed by atoms with van der Waals surface area (Å²) in [5, 5.41) is 12.2. The molecule has 1 aromatic heterocycles. The van der Waals surface area contributed by atoms with Crippen LogP contribution in [-0.4, -0.2) is 34.8 Å². The van der Waals surface area contributed by atoms with Gasteiger partial charge in [0.25, 0.3) is 0 Å². The molecule has 0 aliphatic heterocycles. The van der Waals surface area contributed by atoms with Gasteiger partial charge >= 0.3 is 12.1 Å². The van der Waals surface area contributed by atoms with Gasteiger partial charge in [-0.15, -0.1) is 0 Å². The zero-order chi connectivity index (χ0) is 23.5. The quantitative estimate of drug-likeness (QED) is 0.359. The Bertz CT molecular complexity index is 1280. The maximum absolute atomic E-state index is 12.5. The van der Waals surface area contributed by atoms with E-state index < -0.39 is 18.1 Å². The maximum atomic E-state index is 12.5. The fourth-order valence-electron chi connectivity index (χ4n) is 4.55. The summed E-state index contributed by atoms with van der Waals surface area (Å²) in [4.78, 5) is 27.6. The van der Waals surface area contributed by atoms with Crippen molar-refractivity contribution >= 4 is 12.1 Å². The average Bonchev–Trinajstić information content (AvgIpc) is 3.46. The molecule has 0 fully saturated rings. The fourth-order valence-corrected chi connectivity index (χ4v) is 4.55. The Morgan fingerprint density at radius 3 is 2.12 bits per heavy atom. The van der Waals surface area contributed by atoms with Gasteiger partial charge in [-0.2, -0.15) is 0 Å². The first-order valence-electron chi connectivity index (χ1n) is 11.2. The van der Waals surface area contributed by atoms with Crippen LogP contribution in [0.3, 0.4) is 0 Å². The molecule has 0 bridgehead atoms. The number of amides is 1. The second-order valence-electron chi connectivity index (χ2n) is 8.33. The highest BCUT2D eigenvalue weighted by molar-refractivity contribution is 5.81. The van der Waals surface area contributed by atoms with Gasteiger partial charge in [-0.25, -0.2) is 9.59 Å². The first-order valence-corrected chi connectivity index (χ1v) is 11.2. The first kappa shape index (κ1) is 21.5. The van der Waals surface area contributed by atoms with Crippen molar-refractivity contribution in [3.8, 4) is 22.4 Å². The lowest BCUT2D eigenvalue weighted by atomic mass is 9.98. The minimum Gasteiger partial charge on any atom is -0.480 e. The molecule has 1 amide bonds. The fraction of sp³-hybridized carbons (Fsp3) is 0.143. The number of aromatic nitrogens is 1. The molecule has 5 rings (SSSR count). The monoisotopic (exact) mass is 452 g/mol. The molecule has 3 aromatic carbocycles. The van der Waals surface area contributed by atoms with E-state index in [1.165, 1.54) is 0 Å². The SMILES string of the molecule is O=C(NC(Cc1ccc(-c2ccccc2)[nH]1)C(=O)O)OCC1c2ccccc2-c2ccccc21. The Morgan fingerprint density at radius 1 is 0.853 bits per heavy atom. The predicted molar refractivity (Wildman–Crippen MR) is 130 cm³/mol. The molecular weight excluding hydrogens is 428 g/mol. The van der Waals surface area contributed by atoms with Crippen LogP contribution in [0.25, 0.3) is 22.4 Å². The molecule has 0 radical (unpaired) electrons. The lowest BCUT2D eigenvalue weighted by Gasteiger charge is -2.17. The van der Waals surface area contributed by atoms with Gasteiger partial charge in [0.2, 0.25) is 0 Å². The molecule has 1 aliphatic rings. The number of carbonyl (C=O) groups excluding carboxylic acids is 1. The second-order valence-corrected chi connectivity index (χ2v) is 8.33. The highest BCUT2D eigenvalue weighted by Crippen LogP contribution is 2.44. The number of hydrogen-bond acceptors (Lipinski definition) is 3. The molecule has 6 heteroatoms. The van der Waals surface area contributed by atoms with Crippen molar-refractivity contribution in [3.05, 3.63) is 108 Å². The summed E-state index contributed by atoms with van der Waals surface area (Å²) >= 11 is 0. The standard InChI is InChI=1S/C28H24N2O4/c31-27(32)26(16-19-14-15-25(29-19)18-8-2-1-3-9-18)30-28(33)34-17-24-22-12-6-4-10-20(22)21-11-5-7-13-23(21)24/h1-15,24,26,29H,16-17H2,(H,30,33)(H,31,32). The van der Waals surface area contributed by atoms with E-state index in [4.69, 9.17) is 4.74 Å². The molecule has 34 heavy (non-hydrogen) atoms. The van der Waals surface area contributed by atoms with Crippen LogP contribution in [0.15, 0.2) is 91.0 Å². The van der Waals surface area contributed by atoms with Gasteiger partial charge < -0.3 is 20.1 Å². The van der Waals surface area contributed by atoms with Crippen LogP contribution in [0.2, 0.25) is 0 Å². The first-order chi connectivity index (χ1) is 16.6. The van der Waals surface area contributed by atoms with Crippen molar-refractivity contribution in [2.45, 2.75) is 18.4 Å². The zero-order valence-corrected chi connectivity index (χ0v) is 18.4. The Labute approximate surface area is 197 Å². The number of aromatic amines is 1. The molecule has 4 aromatic rings.